The van der Waals surface area contributed by atoms with Crippen molar-refractivity contribution in [2.24, 2.45) is 0 Å². The highest BCUT2D eigenvalue weighted by atomic mass is 32.1. The Hall–Kier alpha value is -1.47. The molecule has 0 saturated heterocycles. The van der Waals surface area contributed by atoms with Crippen LogP contribution >= 0.6 is 24.0 Å². The van der Waals surface area contributed by atoms with Crippen molar-refractivity contribution < 1.29 is 4.79 Å². The van der Waals surface area contributed by atoms with Crippen LogP contribution in [0.3, 0.4) is 0 Å². The number of aromatic nitrogens is 3. The number of hydrogen-bond donors (Lipinski definition) is 2. The smallest absolute Gasteiger partial charge is 0.226 e. The molecule has 2 aromatic heterocycles. The molecule has 0 atom stereocenters. The quantitative estimate of drug-likeness (QED) is 0.807. The number of amides is 1. The van der Waals surface area contributed by atoms with Crippen molar-refractivity contribution in [3.8, 4) is 10.7 Å². The summed E-state index contributed by atoms with van der Waals surface area (Å²) in [7, 11) is 0. The minimum atomic E-state index is -0.0416. The zero-order chi connectivity index (χ0) is 12.8. The van der Waals surface area contributed by atoms with Crippen LogP contribution in [0.2, 0.25) is 0 Å². The van der Waals surface area contributed by atoms with Crippen molar-refractivity contribution in [3.05, 3.63) is 29.7 Å². The van der Waals surface area contributed by atoms with E-state index in [0.717, 1.165) is 16.4 Å². The fourth-order valence-corrected chi connectivity index (χ4v) is 2.23. The maximum absolute atomic E-state index is 11.5. The van der Waals surface area contributed by atoms with E-state index in [-0.39, 0.29) is 12.3 Å². The number of nitrogens with zero attached hydrogens (tertiary/aromatic N) is 3. The maximum atomic E-state index is 11.5. The van der Waals surface area contributed by atoms with Crippen LogP contribution in [0.25, 0.3) is 10.7 Å². The number of carbonyl (C=O) groups excluding carboxylic acids is 1. The third kappa shape index (κ3) is 3.51. The lowest BCUT2D eigenvalue weighted by molar-refractivity contribution is -0.120. The standard InChI is InChI=1S/C11H12N4OS2/c16-10(14-3-4-17)5-8-7-18-11(15-8)9-6-12-1-2-13-9/h1-2,6-7,17H,3-5H2,(H,14,16). The van der Waals surface area contributed by atoms with Gasteiger partial charge in [-0.25, -0.2) is 4.98 Å². The number of thiol groups is 1. The van der Waals surface area contributed by atoms with Crippen molar-refractivity contribution in [2.75, 3.05) is 12.3 Å². The molecule has 0 aromatic carbocycles. The first-order valence-electron chi connectivity index (χ1n) is 5.38. The lowest BCUT2D eigenvalue weighted by atomic mass is 10.3. The predicted octanol–water partition coefficient (Wildman–Crippen LogP) is 1.19. The molecule has 2 rings (SSSR count). The first kappa shape index (κ1) is 13.0. The number of carbonyl (C=O) groups is 1. The Morgan fingerprint density at radius 3 is 3.06 bits per heavy atom. The third-order valence-corrected chi connectivity index (χ3v) is 3.25. The molecule has 0 aliphatic carbocycles. The van der Waals surface area contributed by atoms with Gasteiger partial charge in [-0.05, 0) is 0 Å². The van der Waals surface area contributed by atoms with Crippen LogP contribution in [-0.4, -0.2) is 33.2 Å². The van der Waals surface area contributed by atoms with Gasteiger partial charge in [-0.3, -0.25) is 14.8 Å². The van der Waals surface area contributed by atoms with E-state index in [1.165, 1.54) is 11.3 Å². The Morgan fingerprint density at radius 2 is 2.33 bits per heavy atom. The minimum Gasteiger partial charge on any atom is -0.355 e. The van der Waals surface area contributed by atoms with Crippen LogP contribution in [-0.2, 0) is 11.2 Å². The van der Waals surface area contributed by atoms with E-state index in [0.29, 0.717) is 12.3 Å². The Bertz CT molecular complexity index is 515. The SMILES string of the molecule is O=C(Cc1csc(-c2cnccn2)n1)NCCS. The monoisotopic (exact) mass is 280 g/mol. The molecule has 0 unspecified atom stereocenters. The fourth-order valence-electron chi connectivity index (χ4n) is 1.34. The van der Waals surface area contributed by atoms with Gasteiger partial charge in [-0.15, -0.1) is 11.3 Å². The molecule has 18 heavy (non-hydrogen) atoms. The summed E-state index contributed by atoms with van der Waals surface area (Å²) in [6.45, 7) is 0.573. The summed E-state index contributed by atoms with van der Waals surface area (Å²) < 4.78 is 0. The molecule has 0 fully saturated rings. The summed E-state index contributed by atoms with van der Waals surface area (Å²) >= 11 is 5.49. The zero-order valence-corrected chi connectivity index (χ0v) is 11.2. The molecule has 2 heterocycles. The second-order valence-corrected chi connectivity index (χ2v) is 4.79. The van der Waals surface area contributed by atoms with Crippen molar-refractivity contribution in [1.82, 2.24) is 20.3 Å². The summed E-state index contributed by atoms with van der Waals surface area (Å²) in [5.74, 6) is 0.591. The third-order valence-electron chi connectivity index (χ3n) is 2.11. The van der Waals surface area contributed by atoms with E-state index in [4.69, 9.17) is 0 Å². The van der Waals surface area contributed by atoms with Gasteiger partial charge < -0.3 is 5.32 Å². The molecule has 0 radical (unpaired) electrons. The van der Waals surface area contributed by atoms with E-state index in [1.807, 2.05) is 5.38 Å². The van der Waals surface area contributed by atoms with Gasteiger partial charge in [0.15, 0.2) is 0 Å². The van der Waals surface area contributed by atoms with Gasteiger partial charge >= 0.3 is 0 Å². The molecular weight excluding hydrogens is 268 g/mol. The van der Waals surface area contributed by atoms with Crippen molar-refractivity contribution in [1.29, 1.82) is 0 Å². The number of nitrogens with one attached hydrogen (secondary N) is 1. The van der Waals surface area contributed by atoms with E-state index in [1.54, 1.807) is 18.6 Å². The highest BCUT2D eigenvalue weighted by Crippen LogP contribution is 2.20. The summed E-state index contributed by atoms with van der Waals surface area (Å²) in [5, 5.41) is 5.39. The van der Waals surface area contributed by atoms with Crippen LogP contribution in [0.5, 0.6) is 0 Å². The summed E-state index contributed by atoms with van der Waals surface area (Å²) in [4.78, 5) is 24.0. The van der Waals surface area contributed by atoms with Crippen LogP contribution in [0, 0.1) is 0 Å². The molecule has 0 saturated carbocycles. The normalized spacial score (nSPS) is 10.3. The first-order chi connectivity index (χ1) is 8.79. The van der Waals surface area contributed by atoms with Crippen LogP contribution < -0.4 is 5.32 Å². The van der Waals surface area contributed by atoms with Crippen LogP contribution in [0.4, 0.5) is 0 Å². The summed E-state index contributed by atoms with van der Waals surface area (Å²) in [6.07, 6.45) is 5.17. The second kappa shape index (κ2) is 6.46. The van der Waals surface area contributed by atoms with Gasteiger partial charge in [0.2, 0.25) is 5.91 Å². The van der Waals surface area contributed by atoms with Crippen molar-refractivity contribution >= 4 is 29.9 Å². The largest absolute Gasteiger partial charge is 0.355 e. The molecule has 7 heteroatoms. The molecule has 0 spiro atoms. The Morgan fingerprint density at radius 1 is 1.44 bits per heavy atom. The zero-order valence-electron chi connectivity index (χ0n) is 9.54. The summed E-state index contributed by atoms with van der Waals surface area (Å²) in [5.41, 5.74) is 1.47. The van der Waals surface area contributed by atoms with E-state index >= 15 is 0 Å². The molecule has 5 nitrogen and oxygen atoms in total. The van der Waals surface area contributed by atoms with E-state index in [9.17, 15) is 4.79 Å². The molecule has 94 valence electrons. The summed E-state index contributed by atoms with van der Waals surface area (Å²) in [6, 6.07) is 0. The van der Waals surface area contributed by atoms with Gasteiger partial charge in [-0.1, -0.05) is 0 Å². The number of rotatable bonds is 5. The molecule has 0 bridgehead atoms. The van der Waals surface area contributed by atoms with Crippen LogP contribution in [0.1, 0.15) is 5.69 Å². The first-order valence-corrected chi connectivity index (χ1v) is 6.89. The molecule has 0 aliphatic rings. The average molecular weight is 280 g/mol. The average Bonchev–Trinajstić information content (AvgIpc) is 2.86. The van der Waals surface area contributed by atoms with Crippen molar-refractivity contribution in [2.45, 2.75) is 6.42 Å². The fraction of sp³-hybridized carbons (Fsp3) is 0.273. The molecule has 2 aromatic rings. The minimum absolute atomic E-state index is 0.0416. The van der Waals surface area contributed by atoms with Gasteiger partial charge in [0, 0.05) is 30.1 Å². The number of hydrogen-bond acceptors (Lipinski definition) is 6. The topological polar surface area (TPSA) is 67.8 Å². The maximum Gasteiger partial charge on any atom is 0.226 e. The molecule has 0 aliphatic heterocycles. The molecule has 1 N–H and O–H groups in total. The Kier molecular flexibility index (Phi) is 4.66. The van der Waals surface area contributed by atoms with Gasteiger partial charge in [0.25, 0.3) is 0 Å². The lowest BCUT2D eigenvalue weighted by Gasteiger charge is -2.00. The Labute approximate surface area is 114 Å². The highest BCUT2D eigenvalue weighted by molar-refractivity contribution is 7.80. The van der Waals surface area contributed by atoms with Crippen molar-refractivity contribution in [3.63, 3.8) is 0 Å². The number of thiazole rings is 1. The predicted molar refractivity (Wildman–Crippen MR) is 73.7 cm³/mol. The lowest BCUT2D eigenvalue weighted by Crippen LogP contribution is -2.26. The highest BCUT2D eigenvalue weighted by Gasteiger charge is 2.09. The second-order valence-electron chi connectivity index (χ2n) is 3.48. The van der Waals surface area contributed by atoms with E-state index in [2.05, 4.69) is 32.9 Å². The molecule has 1 amide bonds. The van der Waals surface area contributed by atoms with Gasteiger partial charge in [-0.2, -0.15) is 12.6 Å². The van der Waals surface area contributed by atoms with Gasteiger partial charge in [0.1, 0.15) is 10.7 Å². The Balaban J connectivity index is 2.00. The van der Waals surface area contributed by atoms with E-state index < -0.39 is 0 Å². The molecular formula is C11H12N4OS2. The van der Waals surface area contributed by atoms with Gasteiger partial charge in [0.05, 0.1) is 18.3 Å². The van der Waals surface area contributed by atoms with Crippen LogP contribution in [0.15, 0.2) is 24.0 Å².